The smallest absolute Gasteiger partial charge is 0.212 e. The number of methoxy groups -OCH3 is 1. The molecule has 0 unspecified atom stereocenters. The normalized spacial score (nSPS) is 19.6. The van der Waals surface area contributed by atoms with Gasteiger partial charge in [-0.2, -0.15) is 0 Å². The fourth-order valence-corrected chi connectivity index (χ4v) is 2.96. The second-order valence-electron chi connectivity index (χ2n) is 5.69. The molecule has 0 amide bonds. The van der Waals surface area contributed by atoms with E-state index in [1.807, 2.05) is 12.3 Å². The molecule has 4 nitrogen and oxygen atoms in total. The van der Waals surface area contributed by atoms with Gasteiger partial charge in [0.05, 0.1) is 7.11 Å². The summed E-state index contributed by atoms with van der Waals surface area (Å²) in [4.78, 5) is 6.85. The highest BCUT2D eigenvalue weighted by atomic mass is 16.5. The van der Waals surface area contributed by atoms with E-state index in [0.717, 1.165) is 26.2 Å². The highest BCUT2D eigenvalue weighted by Gasteiger charge is 2.30. The molecule has 1 aliphatic rings. The van der Waals surface area contributed by atoms with Crippen molar-refractivity contribution in [2.24, 2.45) is 0 Å². The first-order valence-electron chi connectivity index (χ1n) is 7.67. The molecule has 1 aliphatic heterocycles. The van der Waals surface area contributed by atoms with Gasteiger partial charge in [0, 0.05) is 30.9 Å². The summed E-state index contributed by atoms with van der Waals surface area (Å²) in [5.41, 5.74) is 1.53. The van der Waals surface area contributed by atoms with E-state index in [1.165, 1.54) is 24.8 Å². The van der Waals surface area contributed by atoms with Crippen molar-refractivity contribution < 1.29 is 4.74 Å². The molecule has 2 rings (SSSR count). The molecule has 0 saturated carbocycles. The van der Waals surface area contributed by atoms with E-state index in [1.54, 1.807) is 7.11 Å². The predicted molar refractivity (Wildman–Crippen MR) is 82.0 cm³/mol. The molecule has 0 bridgehead atoms. The average molecular weight is 277 g/mol. The van der Waals surface area contributed by atoms with Crippen LogP contribution in [0.5, 0.6) is 5.88 Å². The van der Waals surface area contributed by atoms with Gasteiger partial charge >= 0.3 is 0 Å². The molecule has 0 aromatic carbocycles. The Balaban J connectivity index is 2.02. The Bertz CT molecular complexity index is 401. The fourth-order valence-electron chi connectivity index (χ4n) is 2.96. The molecule has 0 spiro atoms. The van der Waals surface area contributed by atoms with Gasteiger partial charge in [0.2, 0.25) is 5.88 Å². The lowest BCUT2D eigenvalue weighted by Crippen LogP contribution is -2.50. The maximum absolute atomic E-state index is 5.11. The van der Waals surface area contributed by atoms with Crippen molar-refractivity contribution in [1.29, 1.82) is 0 Å². The Labute approximate surface area is 122 Å². The average Bonchev–Trinajstić information content (AvgIpc) is 2.71. The predicted octanol–water partition coefficient (Wildman–Crippen LogP) is 2.44. The topological polar surface area (TPSA) is 37.4 Å². The van der Waals surface area contributed by atoms with E-state index in [9.17, 15) is 0 Å². The summed E-state index contributed by atoms with van der Waals surface area (Å²) in [6, 6.07) is 4.06. The molecule has 1 aromatic heterocycles. The van der Waals surface area contributed by atoms with E-state index in [-0.39, 0.29) is 5.54 Å². The third-order valence-electron chi connectivity index (χ3n) is 4.44. The van der Waals surface area contributed by atoms with Crippen LogP contribution in [0.3, 0.4) is 0 Å². The van der Waals surface area contributed by atoms with Crippen molar-refractivity contribution in [1.82, 2.24) is 15.2 Å². The van der Waals surface area contributed by atoms with Crippen LogP contribution in [0.2, 0.25) is 0 Å². The molecule has 112 valence electrons. The second kappa shape index (κ2) is 7.04. The first kappa shape index (κ1) is 15.3. The van der Waals surface area contributed by atoms with Crippen LogP contribution in [0.25, 0.3) is 0 Å². The third kappa shape index (κ3) is 3.70. The minimum Gasteiger partial charge on any atom is -0.481 e. The lowest BCUT2D eigenvalue weighted by molar-refractivity contribution is 0.191. The fraction of sp³-hybridized carbons (Fsp3) is 0.688. The van der Waals surface area contributed by atoms with Crippen LogP contribution in [-0.4, -0.2) is 42.2 Å². The Morgan fingerprint density at radius 2 is 2.15 bits per heavy atom. The zero-order valence-electron chi connectivity index (χ0n) is 13.0. The summed E-state index contributed by atoms with van der Waals surface area (Å²) in [6.07, 6.45) is 5.50. The molecule has 0 radical (unpaired) electrons. The summed E-state index contributed by atoms with van der Waals surface area (Å²) < 4.78 is 5.11. The van der Waals surface area contributed by atoms with Crippen molar-refractivity contribution in [2.75, 3.05) is 26.7 Å². The third-order valence-corrected chi connectivity index (χ3v) is 4.44. The van der Waals surface area contributed by atoms with Crippen LogP contribution in [0.1, 0.15) is 38.7 Å². The van der Waals surface area contributed by atoms with Crippen molar-refractivity contribution >= 4 is 0 Å². The van der Waals surface area contributed by atoms with Gasteiger partial charge in [-0.05, 0) is 37.9 Å². The lowest BCUT2D eigenvalue weighted by atomic mass is 9.92. The summed E-state index contributed by atoms with van der Waals surface area (Å²) in [7, 11) is 1.65. The summed E-state index contributed by atoms with van der Waals surface area (Å²) in [6.45, 7) is 8.94. The molecule has 0 atom stereocenters. The summed E-state index contributed by atoms with van der Waals surface area (Å²) in [5.74, 6) is 0.683. The summed E-state index contributed by atoms with van der Waals surface area (Å²) in [5, 5.41) is 3.75. The van der Waals surface area contributed by atoms with Crippen LogP contribution < -0.4 is 10.1 Å². The second-order valence-corrected chi connectivity index (χ2v) is 5.69. The quantitative estimate of drug-likeness (QED) is 0.897. The molecule has 1 fully saturated rings. The lowest BCUT2D eigenvalue weighted by Gasteiger charge is -2.35. The van der Waals surface area contributed by atoms with E-state index in [2.05, 4.69) is 35.1 Å². The number of pyridine rings is 1. The standard InChI is InChI=1S/C16H27N3O/c1-4-16(5-2)13-19(10-6-9-18-16)12-14-7-8-15(20-3)17-11-14/h7-8,11,18H,4-6,9-10,12-13H2,1-3H3. The molecule has 1 saturated heterocycles. The van der Waals surface area contributed by atoms with Crippen molar-refractivity contribution in [3.63, 3.8) is 0 Å². The molecule has 4 heteroatoms. The minimum atomic E-state index is 0.274. The maximum atomic E-state index is 5.11. The van der Waals surface area contributed by atoms with Gasteiger partial charge in [0.1, 0.15) is 0 Å². The number of nitrogens with zero attached hydrogens (tertiary/aromatic N) is 2. The number of rotatable bonds is 5. The van der Waals surface area contributed by atoms with Gasteiger partial charge in [-0.15, -0.1) is 0 Å². The largest absolute Gasteiger partial charge is 0.481 e. The van der Waals surface area contributed by atoms with Crippen molar-refractivity contribution in [2.45, 2.75) is 45.2 Å². The van der Waals surface area contributed by atoms with Crippen LogP contribution in [0, 0.1) is 0 Å². The van der Waals surface area contributed by atoms with Gasteiger partial charge in [0.25, 0.3) is 0 Å². The zero-order valence-corrected chi connectivity index (χ0v) is 13.0. The zero-order chi connectivity index (χ0) is 14.4. The number of hydrogen-bond donors (Lipinski definition) is 1. The Kier molecular flexibility index (Phi) is 5.38. The molecule has 0 aliphatic carbocycles. The SMILES string of the molecule is CCC1(CC)CN(Cc2ccc(OC)nc2)CCCN1. The molecule has 1 N–H and O–H groups in total. The van der Waals surface area contributed by atoms with Gasteiger partial charge in [0.15, 0.2) is 0 Å². The van der Waals surface area contributed by atoms with Crippen molar-refractivity contribution in [3.8, 4) is 5.88 Å². The highest BCUT2D eigenvalue weighted by molar-refractivity contribution is 5.17. The van der Waals surface area contributed by atoms with E-state index >= 15 is 0 Å². The van der Waals surface area contributed by atoms with Crippen LogP contribution in [0.4, 0.5) is 0 Å². The molecule has 1 aromatic rings. The van der Waals surface area contributed by atoms with E-state index in [0.29, 0.717) is 5.88 Å². The molecule has 2 heterocycles. The molecule has 20 heavy (non-hydrogen) atoms. The molecular formula is C16H27N3O. The highest BCUT2D eigenvalue weighted by Crippen LogP contribution is 2.21. The number of aromatic nitrogens is 1. The Hall–Kier alpha value is -1.13. The van der Waals surface area contributed by atoms with Gasteiger partial charge in [-0.25, -0.2) is 4.98 Å². The molecular weight excluding hydrogens is 250 g/mol. The number of nitrogens with one attached hydrogen (secondary N) is 1. The Morgan fingerprint density at radius 3 is 2.75 bits per heavy atom. The summed E-state index contributed by atoms with van der Waals surface area (Å²) >= 11 is 0. The van der Waals surface area contributed by atoms with Gasteiger partial charge in [-0.1, -0.05) is 19.9 Å². The minimum absolute atomic E-state index is 0.274. The monoisotopic (exact) mass is 277 g/mol. The number of ether oxygens (including phenoxy) is 1. The van der Waals surface area contributed by atoms with Crippen LogP contribution in [-0.2, 0) is 6.54 Å². The number of hydrogen-bond acceptors (Lipinski definition) is 4. The Morgan fingerprint density at radius 1 is 1.35 bits per heavy atom. The van der Waals surface area contributed by atoms with Crippen molar-refractivity contribution in [3.05, 3.63) is 23.9 Å². The van der Waals surface area contributed by atoms with E-state index < -0.39 is 0 Å². The van der Waals surface area contributed by atoms with Gasteiger partial charge in [-0.3, -0.25) is 4.90 Å². The van der Waals surface area contributed by atoms with Crippen LogP contribution in [0.15, 0.2) is 18.3 Å². The first-order valence-corrected chi connectivity index (χ1v) is 7.67. The van der Waals surface area contributed by atoms with Crippen LogP contribution >= 0.6 is 0 Å². The van der Waals surface area contributed by atoms with Gasteiger partial charge < -0.3 is 10.1 Å². The van der Waals surface area contributed by atoms with E-state index in [4.69, 9.17) is 4.74 Å². The maximum Gasteiger partial charge on any atom is 0.212 e. The first-order chi connectivity index (χ1) is 9.71.